The highest BCUT2D eigenvalue weighted by Crippen LogP contribution is 2.16. The molecule has 100 valence electrons. The normalized spacial score (nSPS) is 12.0. The average molecular weight is 275 g/mol. The number of nitrogens with zero attached hydrogens (tertiary/aromatic N) is 2. The zero-order valence-corrected chi connectivity index (χ0v) is 10.9. The minimum Gasteiger partial charge on any atom is -0.394 e. The summed E-state index contributed by atoms with van der Waals surface area (Å²) in [7, 11) is 1.51. The second-order valence-corrected chi connectivity index (χ2v) is 3.98. The van der Waals surface area contributed by atoms with Crippen LogP contribution in [-0.4, -0.2) is 40.5 Å². The van der Waals surface area contributed by atoms with E-state index in [1.807, 2.05) is 0 Å². The molecule has 0 saturated heterocycles. The summed E-state index contributed by atoms with van der Waals surface area (Å²) in [4.78, 5) is 23.0. The minimum atomic E-state index is -0.539. The van der Waals surface area contributed by atoms with Gasteiger partial charge in [-0.2, -0.15) is 5.10 Å². The van der Waals surface area contributed by atoms with Gasteiger partial charge in [-0.3, -0.25) is 9.59 Å². The maximum Gasteiger partial charge on any atom is 0.287 e. The fraction of sp³-hybridized carbons (Fsp3) is 0.500. The molecule has 18 heavy (non-hydrogen) atoms. The lowest BCUT2D eigenvalue weighted by atomic mass is 10.3. The Balaban J connectivity index is 2.95. The molecule has 1 aromatic rings. The van der Waals surface area contributed by atoms with Gasteiger partial charge in [0.1, 0.15) is 11.1 Å². The van der Waals surface area contributed by atoms with Crippen molar-refractivity contribution in [3.8, 4) is 0 Å². The van der Waals surface area contributed by atoms with E-state index in [1.54, 1.807) is 6.92 Å². The molecule has 0 aliphatic carbocycles. The molecular formula is C10H15ClN4O3. The quantitative estimate of drug-likeness (QED) is 0.669. The zero-order chi connectivity index (χ0) is 13.7. The molecule has 0 aliphatic rings. The zero-order valence-electron chi connectivity index (χ0n) is 10.1. The first-order valence-electron chi connectivity index (χ1n) is 5.35. The maximum absolute atomic E-state index is 11.7. The van der Waals surface area contributed by atoms with Crippen molar-refractivity contribution in [3.05, 3.63) is 21.6 Å². The molecule has 0 saturated carbocycles. The second-order valence-electron chi connectivity index (χ2n) is 3.60. The molecule has 1 heterocycles. The maximum atomic E-state index is 11.7. The molecule has 1 rings (SSSR count). The number of aliphatic hydroxyl groups is 1. The Morgan fingerprint density at radius 3 is 2.89 bits per heavy atom. The van der Waals surface area contributed by atoms with Gasteiger partial charge >= 0.3 is 0 Å². The molecular weight excluding hydrogens is 260 g/mol. The topological polar surface area (TPSA) is 96.2 Å². The molecule has 0 aliphatic heterocycles. The first-order chi connectivity index (χ1) is 8.51. The van der Waals surface area contributed by atoms with Gasteiger partial charge in [-0.15, -0.1) is 0 Å². The summed E-state index contributed by atoms with van der Waals surface area (Å²) in [6.07, 6.45) is 1.35. The van der Waals surface area contributed by atoms with Gasteiger partial charge in [-0.1, -0.05) is 11.6 Å². The molecule has 0 aromatic carbocycles. The highest BCUT2D eigenvalue weighted by molar-refractivity contribution is 6.33. The van der Waals surface area contributed by atoms with Gasteiger partial charge in [-0.05, 0) is 6.92 Å². The standard InChI is InChI=1S/C10H15ClN4O3/c1-6(9(17)12-2)14-7-5-13-15(3-4-16)10(18)8(7)11/h5-6,14,16H,3-4H2,1-2H3,(H,12,17). The summed E-state index contributed by atoms with van der Waals surface area (Å²) >= 11 is 5.88. The smallest absolute Gasteiger partial charge is 0.287 e. The summed E-state index contributed by atoms with van der Waals surface area (Å²) in [6.45, 7) is 1.50. The van der Waals surface area contributed by atoms with E-state index in [9.17, 15) is 9.59 Å². The van der Waals surface area contributed by atoms with E-state index in [4.69, 9.17) is 16.7 Å². The molecule has 0 bridgehead atoms. The number of aromatic nitrogens is 2. The number of halogens is 1. The van der Waals surface area contributed by atoms with Crippen LogP contribution in [0.1, 0.15) is 6.92 Å². The number of nitrogens with one attached hydrogen (secondary N) is 2. The van der Waals surface area contributed by atoms with Crippen LogP contribution in [0.3, 0.4) is 0 Å². The van der Waals surface area contributed by atoms with Crippen LogP contribution in [0.25, 0.3) is 0 Å². The lowest BCUT2D eigenvalue weighted by molar-refractivity contribution is -0.121. The van der Waals surface area contributed by atoms with E-state index in [2.05, 4.69) is 15.7 Å². The number of aliphatic hydroxyl groups excluding tert-OH is 1. The summed E-state index contributed by atoms with van der Waals surface area (Å²) in [5.41, 5.74) is -0.230. The average Bonchev–Trinajstić information content (AvgIpc) is 2.37. The van der Waals surface area contributed by atoms with E-state index in [-0.39, 0.29) is 29.8 Å². The third kappa shape index (κ3) is 3.21. The third-order valence-corrected chi connectivity index (χ3v) is 2.67. The summed E-state index contributed by atoms with van der Waals surface area (Å²) < 4.78 is 1.05. The van der Waals surface area contributed by atoms with Crippen molar-refractivity contribution < 1.29 is 9.90 Å². The Morgan fingerprint density at radius 2 is 2.33 bits per heavy atom. The van der Waals surface area contributed by atoms with Gasteiger partial charge in [0, 0.05) is 7.05 Å². The number of hydrogen-bond donors (Lipinski definition) is 3. The SMILES string of the molecule is CNC(=O)C(C)Nc1cnn(CCO)c(=O)c1Cl. The van der Waals surface area contributed by atoms with Gasteiger partial charge in [0.15, 0.2) is 0 Å². The van der Waals surface area contributed by atoms with E-state index in [1.165, 1.54) is 13.2 Å². The third-order valence-electron chi connectivity index (χ3n) is 2.31. The molecule has 8 heteroatoms. The van der Waals surface area contributed by atoms with Crippen LogP contribution < -0.4 is 16.2 Å². The second kappa shape index (κ2) is 6.36. The van der Waals surface area contributed by atoms with Crippen LogP contribution in [-0.2, 0) is 11.3 Å². The van der Waals surface area contributed by atoms with Gasteiger partial charge in [0.05, 0.1) is 25.0 Å². The van der Waals surface area contributed by atoms with E-state index in [0.717, 1.165) is 4.68 Å². The minimum absolute atomic E-state index is 0.0609. The number of anilines is 1. The lowest BCUT2D eigenvalue weighted by Crippen LogP contribution is -2.36. The fourth-order valence-corrected chi connectivity index (χ4v) is 1.54. The molecule has 0 spiro atoms. The molecule has 0 radical (unpaired) electrons. The predicted octanol–water partition coefficient (Wildman–Crippen LogP) is -0.565. The molecule has 1 unspecified atom stereocenters. The Kier molecular flexibility index (Phi) is 5.11. The number of rotatable bonds is 5. The summed E-state index contributed by atoms with van der Waals surface area (Å²) in [5, 5.41) is 17.8. The number of carbonyl (C=O) groups excluding carboxylic acids is 1. The number of amides is 1. The monoisotopic (exact) mass is 274 g/mol. The Bertz CT molecular complexity index is 489. The molecule has 1 amide bonds. The fourth-order valence-electron chi connectivity index (χ4n) is 1.33. The van der Waals surface area contributed by atoms with Crippen molar-refractivity contribution >= 4 is 23.2 Å². The number of carbonyl (C=O) groups is 1. The Morgan fingerprint density at radius 1 is 1.67 bits per heavy atom. The molecule has 1 atom stereocenters. The largest absolute Gasteiger partial charge is 0.394 e. The van der Waals surface area contributed by atoms with Crippen LogP contribution in [0.5, 0.6) is 0 Å². The predicted molar refractivity (Wildman–Crippen MR) is 67.7 cm³/mol. The van der Waals surface area contributed by atoms with Crippen LogP contribution in [0.2, 0.25) is 5.02 Å². The Labute approximate surface area is 109 Å². The number of likely N-dealkylation sites (N-methyl/N-ethyl adjacent to an activating group) is 1. The van der Waals surface area contributed by atoms with Crippen LogP contribution in [0.4, 0.5) is 5.69 Å². The van der Waals surface area contributed by atoms with Crippen molar-refractivity contribution in [3.63, 3.8) is 0 Å². The van der Waals surface area contributed by atoms with Crippen molar-refractivity contribution in [1.29, 1.82) is 0 Å². The highest BCUT2D eigenvalue weighted by Gasteiger charge is 2.15. The molecule has 1 aromatic heterocycles. The van der Waals surface area contributed by atoms with Crippen LogP contribution in [0.15, 0.2) is 11.0 Å². The van der Waals surface area contributed by atoms with Gasteiger partial charge < -0.3 is 15.7 Å². The van der Waals surface area contributed by atoms with E-state index >= 15 is 0 Å². The van der Waals surface area contributed by atoms with Gasteiger partial charge in [0.25, 0.3) is 5.56 Å². The highest BCUT2D eigenvalue weighted by atomic mass is 35.5. The van der Waals surface area contributed by atoms with Crippen molar-refractivity contribution in [2.45, 2.75) is 19.5 Å². The van der Waals surface area contributed by atoms with E-state index < -0.39 is 11.6 Å². The van der Waals surface area contributed by atoms with Crippen LogP contribution >= 0.6 is 11.6 Å². The van der Waals surface area contributed by atoms with Gasteiger partial charge in [-0.25, -0.2) is 4.68 Å². The molecule has 7 nitrogen and oxygen atoms in total. The van der Waals surface area contributed by atoms with Crippen LogP contribution in [0, 0.1) is 0 Å². The number of hydrogen-bond acceptors (Lipinski definition) is 5. The van der Waals surface area contributed by atoms with Crippen molar-refractivity contribution in [2.24, 2.45) is 0 Å². The van der Waals surface area contributed by atoms with Gasteiger partial charge in [0.2, 0.25) is 5.91 Å². The summed E-state index contributed by atoms with van der Waals surface area (Å²) in [5.74, 6) is -0.231. The molecule has 0 fully saturated rings. The first-order valence-corrected chi connectivity index (χ1v) is 5.73. The van der Waals surface area contributed by atoms with Crippen molar-refractivity contribution in [1.82, 2.24) is 15.1 Å². The first kappa shape index (κ1) is 14.5. The lowest BCUT2D eigenvalue weighted by Gasteiger charge is -2.14. The Hall–Kier alpha value is -1.60. The summed E-state index contributed by atoms with van der Waals surface area (Å²) in [6, 6.07) is -0.539. The molecule has 3 N–H and O–H groups in total. The van der Waals surface area contributed by atoms with Crippen molar-refractivity contribution in [2.75, 3.05) is 19.0 Å². The van der Waals surface area contributed by atoms with E-state index in [0.29, 0.717) is 0 Å².